The Bertz CT molecular complexity index is 440. The second-order valence-electron chi connectivity index (χ2n) is 4.44. The van der Waals surface area contributed by atoms with Crippen LogP contribution in [0, 0.1) is 0 Å². The van der Waals surface area contributed by atoms with Crippen LogP contribution in [-0.2, 0) is 16.1 Å². The van der Waals surface area contributed by atoms with Gasteiger partial charge in [-0.05, 0) is 26.8 Å². The van der Waals surface area contributed by atoms with E-state index < -0.39 is 11.9 Å². The molecule has 0 fully saturated rings. The summed E-state index contributed by atoms with van der Waals surface area (Å²) in [5.41, 5.74) is 5.59. The maximum absolute atomic E-state index is 11.7. The monoisotopic (exact) mass is 268 g/mol. The highest BCUT2D eigenvalue weighted by molar-refractivity contribution is 5.90. The molecule has 0 spiro atoms. The maximum atomic E-state index is 11.7. The number of ether oxygens (including phenoxy) is 1. The van der Waals surface area contributed by atoms with Gasteiger partial charge in [-0.1, -0.05) is 0 Å². The number of esters is 1. The molecule has 19 heavy (non-hydrogen) atoms. The number of furan rings is 1. The zero-order valence-electron chi connectivity index (χ0n) is 11.5. The molecule has 2 N–H and O–H groups in total. The zero-order valence-corrected chi connectivity index (χ0v) is 11.5. The van der Waals surface area contributed by atoms with Gasteiger partial charge in [0.2, 0.25) is 5.91 Å². The number of nitrogens with zero attached hydrogens (tertiary/aromatic N) is 1. The van der Waals surface area contributed by atoms with E-state index in [1.54, 1.807) is 13.0 Å². The van der Waals surface area contributed by atoms with Gasteiger partial charge in [0.1, 0.15) is 11.3 Å². The molecule has 1 amide bonds. The second-order valence-corrected chi connectivity index (χ2v) is 4.44. The number of rotatable bonds is 7. The van der Waals surface area contributed by atoms with Crippen LogP contribution in [0.2, 0.25) is 0 Å². The van der Waals surface area contributed by atoms with E-state index in [4.69, 9.17) is 14.9 Å². The largest absolute Gasteiger partial charge is 0.467 e. The van der Waals surface area contributed by atoms with E-state index in [0.29, 0.717) is 24.5 Å². The highest BCUT2D eigenvalue weighted by atomic mass is 16.5. The van der Waals surface area contributed by atoms with Crippen molar-refractivity contribution in [2.24, 2.45) is 5.73 Å². The van der Waals surface area contributed by atoms with E-state index in [-0.39, 0.29) is 12.6 Å². The molecule has 0 radical (unpaired) electrons. The minimum atomic E-state index is -0.422. The molecular weight excluding hydrogens is 248 g/mol. The van der Waals surface area contributed by atoms with Crippen LogP contribution in [0.4, 0.5) is 0 Å². The van der Waals surface area contributed by atoms with Gasteiger partial charge in [0.15, 0.2) is 0 Å². The number of hydrogen-bond acceptors (Lipinski definition) is 5. The van der Waals surface area contributed by atoms with Crippen LogP contribution in [0.1, 0.15) is 36.9 Å². The minimum absolute atomic E-state index is 0.104. The smallest absolute Gasteiger partial charge is 0.341 e. The van der Waals surface area contributed by atoms with Crippen LogP contribution < -0.4 is 5.73 Å². The number of carbonyl (C=O) groups is 2. The van der Waals surface area contributed by atoms with Gasteiger partial charge in [-0.3, -0.25) is 9.69 Å². The van der Waals surface area contributed by atoms with Crippen molar-refractivity contribution in [3.05, 3.63) is 23.7 Å². The first kappa shape index (κ1) is 15.2. The third-order valence-corrected chi connectivity index (χ3v) is 2.68. The molecule has 0 saturated heterocycles. The van der Waals surface area contributed by atoms with Gasteiger partial charge in [-0.25, -0.2) is 4.79 Å². The molecule has 0 saturated carbocycles. The van der Waals surface area contributed by atoms with Gasteiger partial charge >= 0.3 is 5.97 Å². The molecule has 0 aliphatic carbocycles. The number of primary amides is 1. The van der Waals surface area contributed by atoms with Crippen molar-refractivity contribution in [3.63, 3.8) is 0 Å². The Morgan fingerprint density at radius 3 is 2.68 bits per heavy atom. The van der Waals surface area contributed by atoms with Crippen molar-refractivity contribution >= 4 is 11.9 Å². The normalized spacial score (nSPS) is 11.0. The van der Waals surface area contributed by atoms with Gasteiger partial charge in [0.25, 0.3) is 0 Å². The van der Waals surface area contributed by atoms with E-state index >= 15 is 0 Å². The maximum Gasteiger partial charge on any atom is 0.341 e. The quantitative estimate of drug-likeness (QED) is 0.750. The number of carbonyl (C=O) groups excluding carboxylic acids is 2. The van der Waals surface area contributed by atoms with Crippen molar-refractivity contribution in [1.29, 1.82) is 0 Å². The summed E-state index contributed by atoms with van der Waals surface area (Å²) in [5, 5.41) is 0. The standard InChI is InChI=1S/C13H20N2O4/c1-4-18-13(17)10-5-6-19-11(10)7-15(9(2)3)8-12(14)16/h5-6,9H,4,7-8H2,1-3H3,(H2,14,16). The molecule has 0 aromatic carbocycles. The lowest BCUT2D eigenvalue weighted by molar-refractivity contribution is -0.119. The fraction of sp³-hybridized carbons (Fsp3) is 0.538. The van der Waals surface area contributed by atoms with Crippen molar-refractivity contribution in [2.45, 2.75) is 33.4 Å². The summed E-state index contributed by atoms with van der Waals surface area (Å²) in [6, 6.07) is 1.67. The summed E-state index contributed by atoms with van der Waals surface area (Å²) in [4.78, 5) is 24.6. The van der Waals surface area contributed by atoms with Crippen LogP contribution in [0.25, 0.3) is 0 Å². The molecule has 1 heterocycles. The lowest BCUT2D eigenvalue weighted by Gasteiger charge is -2.24. The van der Waals surface area contributed by atoms with Gasteiger partial charge < -0.3 is 14.9 Å². The molecule has 1 rings (SSSR count). The van der Waals surface area contributed by atoms with Gasteiger partial charge in [0, 0.05) is 6.04 Å². The molecule has 106 valence electrons. The van der Waals surface area contributed by atoms with Crippen molar-refractivity contribution in [3.8, 4) is 0 Å². The molecule has 0 aliphatic heterocycles. The molecule has 0 atom stereocenters. The van der Waals surface area contributed by atoms with Crippen LogP contribution >= 0.6 is 0 Å². The van der Waals surface area contributed by atoms with Crippen LogP contribution in [0.15, 0.2) is 16.7 Å². The third kappa shape index (κ3) is 4.40. The van der Waals surface area contributed by atoms with Crippen LogP contribution in [-0.4, -0.2) is 36.0 Å². The average molecular weight is 268 g/mol. The first-order chi connectivity index (χ1) is 8.95. The highest BCUT2D eigenvalue weighted by Crippen LogP contribution is 2.16. The Morgan fingerprint density at radius 2 is 2.16 bits per heavy atom. The second kappa shape index (κ2) is 6.94. The Hall–Kier alpha value is -1.82. The fourth-order valence-electron chi connectivity index (χ4n) is 1.66. The molecule has 6 heteroatoms. The summed E-state index contributed by atoms with van der Waals surface area (Å²) < 4.78 is 10.2. The SMILES string of the molecule is CCOC(=O)c1ccoc1CN(CC(N)=O)C(C)C. The number of amides is 1. The summed E-state index contributed by atoms with van der Waals surface area (Å²) in [6.45, 7) is 6.37. The van der Waals surface area contributed by atoms with Gasteiger partial charge in [-0.2, -0.15) is 0 Å². The van der Waals surface area contributed by atoms with Gasteiger partial charge in [0.05, 0.1) is 26.0 Å². The van der Waals surface area contributed by atoms with Gasteiger partial charge in [-0.15, -0.1) is 0 Å². The van der Waals surface area contributed by atoms with E-state index in [0.717, 1.165) is 0 Å². The molecule has 0 aliphatic rings. The fourth-order valence-corrected chi connectivity index (χ4v) is 1.66. The summed E-state index contributed by atoms with van der Waals surface area (Å²) in [6.07, 6.45) is 1.43. The topological polar surface area (TPSA) is 85.8 Å². The molecule has 1 aromatic rings. The van der Waals surface area contributed by atoms with E-state index in [2.05, 4.69) is 0 Å². The Balaban J connectivity index is 2.82. The number of hydrogen-bond donors (Lipinski definition) is 1. The third-order valence-electron chi connectivity index (χ3n) is 2.68. The Morgan fingerprint density at radius 1 is 1.47 bits per heavy atom. The Labute approximate surface area is 112 Å². The van der Waals surface area contributed by atoms with Crippen LogP contribution in [0.5, 0.6) is 0 Å². The molecule has 6 nitrogen and oxygen atoms in total. The van der Waals surface area contributed by atoms with Crippen molar-refractivity contribution in [2.75, 3.05) is 13.2 Å². The zero-order chi connectivity index (χ0) is 14.4. The molecule has 0 unspecified atom stereocenters. The number of nitrogens with two attached hydrogens (primary N) is 1. The summed E-state index contributed by atoms with van der Waals surface area (Å²) in [7, 11) is 0. The predicted octanol–water partition coefficient (Wildman–Crippen LogP) is 1.15. The van der Waals surface area contributed by atoms with Crippen LogP contribution in [0.3, 0.4) is 0 Å². The minimum Gasteiger partial charge on any atom is -0.467 e. The highest BCUT2D eigenvalue weighted by Gasteiger charge is 2.20. The lowest BCUT2D eigenvalue weighted by atomic mass is 10.2. The predicted molar refractivity (Wildman–Crippen MR) is 69.4 cm³/mol. The first-order valence-corrected chi connectivity index (χ1v) is 6.21. The van der Waals surface area contributed by atoms with Crippen molar-refractivity contribution < 1.29 is 18.7 Å². The summed E-state index contributed by atoms with van der Waals surface area (Å²) in [5.74, 6) is -0.361. The first-order valence-electron chi connectivity index (χ1n) is 6.21. The molecule has 1 aromatic heterocycles. The molecule has 0 bridgehead atoms. The van der Waals surface area contributed by atoms with E-state index in [1.165, 1.54) is 6.26 Å². The Kier molecular flexibility index (Phi) is 5.57. The van der Waals surface area contributed by atoms with Crippen molar-refractivity contribution in [1.82, 2.24) is 4.90 Å². The lowest BCUT2D eigenvalue weighted by Crippen LogP contribution is -2.38. The average Bonchev–Trinajstić information content (AvgIpc) is 2.76. The molecular formula is C13H20N2O4. The van der Waals surface area contributed by atoms with E-state index in [1.807, 2.05) is 18.7 Å². The van der Waals surface area contributed by atoms with E-state index in [9.17, 15) is 9.59 Å². The summed E-state index contributed by atoms with van der Waals surface area (Å²) >= 11 is 0.